The number of phosphoric acid groups is 1. The molecule has 0 aliphatic heterocycles. The van der Waals surface area contributed by atoms with Gasteiger partial charge in [0.05, 0.1) is 13.2 Å². The van der Waals surface area contributed by atoms with E-state index in [-0.39, 0.29) is 19.4 Å². The van der Waals surface area contributed by atoms with E-state index in [4.69, 9.17) is 24.8 Å². The summed E-state index contributed by atoms with van der Waals surface area (Å²) < 4.78 is 32.7. The summed E-state index contributed by atoms with van der Waals surface area (Å²) in [5.74, 6) is -2.43. The van der Waals surface area contributed by atoms with Crippen LogP contribution < -0.4 is 5.73 Å². The summed E-state index contributed by atoms with van der Waals surface area (Å²) in [6, 6.07) is -1.53. The minimum absolute atomic E-state index is 0.118. The maximum atomic E-state index is 12.6. The van der Waals surface area contributed by atoms with E-state index in [1.54, 1.807) is 0 Å². The van der Waals surface area contributed by atoms with Gasteiger partial charge in [0.2, 0.25) is 0 Å². The van der Waals surface area contributed by atoms with Gasteiger partial charge >= 0.3 is 25.7 Å². The van der Waals surface area contributed by atoms with Crippen LogP contribution in [0.1, 0.15) is 181 Å². The van der Waals surface area contributed by atoms with Gasteiger partial charge in [-0.05, 0) is 83.5 Å². The molecule has 0 fully saturated rings. The van der Waals surface area contributed by atoms with Gasteiger partial charge in [-0.3, -0.25) is 23.4 Å². The third-order valence-corrected chi connectivity index (χ3v) is 10.4. The van der Waals surface area contributed by atoms with E-state index in [0.717, 1.165) is 77.0 Å². The molecule has 4 N–H and O–H groups in total. The number of ether oxygens (including phenoxy) is 2. The molecule has 0 heterocycles. The zero-order chi connectivity index (χ0) is 44.2. The molecule has 0 amide bonds. The Morgan fingerprint density at radius 2 is 0.933 bits per heavy atom. The first kappa shape index (κ1) is 56.9. The molecule has 11 nitrogen and oxygen atoms in total. The van der Waals surface area contributed by atoms with Crippen LogP contribution in [-0.4, -0.2) is 59.9 Å². The van der Waals surface area contributed by atoms with Crippen LogP contribution in [0.4, 0.5) is 0 Å². The van der Waals surface area contributed by atoms with Gasteiger partial charge in [0, 0.05) is 12.8 Å². The quantitative estimate of drug-likeness (QED) is 0.0231. The van der Waals surface area contributed by atoms with Crippen LogP contribution in [0.15, 0.2) is 72.9 Å². The standard InChI is InChI=1S/C48H82NO10P/c1-3-5-7-9-11-13-15-17-19-21-22-24-26-28-30-32-34-36-38-40-47(51)59-44(42-57-60(54,55)58-43-45(49)48(52)53)41-56-46(50)39-37-35-33-31-29-27-25-23-20-18-16-14-12-10-8-6-4-2/h5,7,11,13,17-20,22,24,28,30,44-45H,3-4,6,8-10,12,14-16,21,23,25-27,29,31-43,49H2,1-2H3,(H,52,53)(H,54,55)/b7-5+,13-11+,19-17+,20-18+,24-22+,30-28+/t44-,45+/m1/s1. The van der Waals surface area contributed by atoms with Crippen molar-refractivity contribution >= 4 is 25.7 Å². The largest absolute Gasteiger partial charge is 0.480 e. The van der Waals surface area contributed by atoms with E-state index in [1.165, 1.54) is 64.2 Å². The number of hydrogen-bond acceptors (Lipinski definition) is 9. The molecule has 0 aromatic rings. The highest BCUT2D eigenvalue weighted by Gasteiger charge is 2.28. The van der Waals surface area contributed by atoms with E-state index < -0.39 is 51.1 Å². The van der Waals surface area contributed by atoms with Crippen LogP contribution in [0.3, 0.4) is 0 Å². The minimum atomic E-state index is -4.73. The van der Waals surface area contributed by atoms with Gasteiger partial charge in [-0.2, -0.15) is 0 Å². The van der Waals surface area contributed by atoms with Crippen molar-refractivity contribution in [1.29, 1.82) is 0 Å². The highest BCUT2D eigenvalue weighted by Crippen LogP contribution is 2.43. The second kappa shape index (κ2) is 42.6. The summed E-state index contributed by atoms with van der Waals surface area (Å²) in [6.45, 7) is 2.65. The molecule has 0 saturated heterocycles. The second-order valence-electron chi connectivity index (χ2n) is 15.1. The Morgan fingerprint density at radius 1 is 0.533 bits per heavy atom. The lowest BCUT2D eigenvalue weighted by atomic mass is 10.1. The SMILES string of the molecule is CC/C=C/C/C=C/C/C=C/C/C=C/C/C=C/CCCCCC(=O)O[C@H](COC(=O)CCCCCCCCC/C=C/CCCCCCCC)COP(=O)(O)OC[C@H](N)C(=O)O. The Labute approximate surface area is 363 Å². The van der Waals surface area contributed by atoms with Gasteiger partial charge in [-0.25, -0.2) is 4.57 Å². The molecule has 12 heteroatoms. The van der Waals surface area contributed by atoms with Crippen molar-refractivity contribution in [3.8, 4) is 0 Å². The maximum Gasteiger partial charge on any atom is 0.472 e. The number of rotatable bonds is 42. The Balaban J connectivity index is 4.41. The molecule has 344 valence electrons. The monoisotopic (exact) mass is 864 g/mol. The summed E-state index contributed by atoms with van der Waals surface area (Å²) in [4.78, 5) is 46.0. The first-order valence-corrected chi connectivity index (χ1v) is 24.5. The number of esters is 2. The molecule has 0 aliphatic carbocycles. The summed E-state index contributed by atoms with van der Waals surface area (Å²) in [6.07, 6.45) is 51.0. The van der Waals surface area contributed by atoms with Gasteiger partial charge < -0.3 is 25.2 Å². The van der Waals surface area contributed by atoms with Crippen molar-refractivity contribution in [2.45, 2.75) is 193 Å². The van der Waals surface area contributed by atoms with Crippen LogP contribution in [0.5, 0.6) is 0 Å². The Morgan fingerprint density at radius 3 is 1.43 bits per heavy atom. The number of carboxylic acid groups (broad SMARTS) is 1. The summed E-state index contributed by atoms with van der Waals surface area (Å²) >= 11 is 0. The molecular weight excluding hydrogens is 781 g/mol. The van der Waals surface area contributed by atoms with Gasteiger partial charge in [0.15, 0.2) is 6.10 Å². The van der Waals surface area contributed by atoms with Gasteiger partial charge in [0.25, 0.3) is 0 Å². The van der Waals surface area contributed by atoms with Gasteiger partial charge in [0.1, 0.15) is 12.6 Å². The number of hydrogen-bond donors (Lipinski definition) is 3. The van der Waals surface area contributed by atoms with E-state index in [2.05, 4.69) is 91.3 Å². The van der Waals surface area contributed by atoms with E-state index in [0.29, 0.717) is 12.8 Å². The van der Waals surface area contributed by atoms with Gasteiger partial charge in [-0.15, -0.1) is 0 Å². The van der Waals surface area contributed by atoms with Crippen molar-refractivity contribution in [3.63, 3.8) is 0 Å². The van der Waals surface area contributed by atoms with E-state index in [1.807, 2.05) is 0 Å². The molecule has 0 aromatic heterocycles. The Kier molecular flexibility index (Phi) is 40.4. The number of allylic oxidation sites excluding steroid dienone is 12. The number of carbonyl (C=O) groups excluding carboxylic acids is 2. The number of nitrogens with two attached hydrogens (primary N) is 1. The predicted octanol–water partition coefficient (Wildman–Crippen LogP) is 12.5. The molecule has 0 radical (unpaired) electrons. The third kappa shape index (κ3) is 41.6. The lowest BCUT2D eigenvalue weighted by Crippen LogP contribution is -2.34. The van der Waals surface area contributed by atoms with Crippen LogP contribution in [0, 0.1) is 0 Å². The topological polar surface area (TPSA) is 172 Å². The zero-order valence-electron chi connectivity index (χ0n) is 37.3. The molecule has 0 aliphatic rings. The zero-order valence-corrected chi connectivity index (χ0v) is 38.2. The molecule has 60 heavy (non-hydrogen) atoms. The first-order valence-electron chi connectivity index (χ1n) is 23.0. The number of unbranched alkanes of at least 4 members (excludes halogenated alkanes) is 16. The second-order valence-corrected chi connectivity index (χ2v) is 16.6. The third-order valence-electron chi connectivity index (χ3n) is 9.44. The van der Waals surface area contributed by atoms with Crippen molar-refractivity contribution in [2.24, 2.45) is 5.73 Å². The van der Waals surface area contributed by atoms with Gasteiger partial charge in [-0.1, -0.05) is 157 Å². The maximum absolute atomic E-state index is 12.6. The van der Waals surface area contributed by atoms with Crippen molar-refractivity contribution < 1.29 is 47.5 Å². The average Bonchev–Trinajstić information content (AvgIpc) is 3.22. The van der Waals surface area contributed by atoms with Crippen LogP contribution in [0.25, 0.3) is 0 Å². The average molecular weight is 864 g/mol. The highest BCUT2D eigenvalue weighted by atomic mass is 31.2. The molecule has 0 spiro atoms. The van der Waals surface area contributed by atoms with E-state index >= 15 is 0 Å². The van der Waals surface area contributed by atoms with E-state index in [9.17, 15) is 23.8 Å². The lowest BCUT2D eigenvalue weighted by Gasteiger charge is -2.20. The summed E-state index contributed by atoms with van der Waals surface area (Å²) in [5, 5.41) is 8.90. The fourth-order valence-corrected chi connectivity index (χ4v) is 6.63. The number of aliphatic carboxylic acids is 1. The lowest BCUT2D eigenvalue weighted by molar-refractivity contribution is -0.161. The number of carboxylic acids is 1. The Hall–Kier alpha value is -3.08. The molecular formula is C48H82NO10P. The molecule has 1 unspecified atom stereocenters. The smallest absolute Gasteiger partial charge is 0.472 e. The van der Waals surface area contributed by atoms with Crippen LogP contribution >= 0.6 is 7.82 Å². The predicted molar refractivity (Wildman–Crippen MR) is 244 cm³/mol. The van der Waals surface area contributed by atoms with Crippen LogP contribution in [-0.2, 0) is 37.5 Å². The molecule has 0 saturated carbocycles. The highest BCUT2D eigenvalue weighted by molar-refractivity contribution is 7.47. The molecule has 0 aromatic carbocycles. The summed E-state index contributed by atoms with van der Waals surface area (Å²) in [5.41, 5.74) is 5.34. The molecule has 0 rings (SSSR count). The summed E-state index contributed by atoms with van der Waals surface area (Å²) in [7, 11) is -4.73. The number of phosphoric ester groups is 1. The fraction of sp³-hybridized carbons (Fsp3) is 0.688. The van der Waals surface area contributed by atoms with Crippen molar-refractivity contribution in [1.82, 2.24) is 0 Å². The van der Waals surface area contributed by atoms with Crippen molar-refractivity contribution in [3.05, 3.63) is 72.9 Å². The molecule has 3 atom stereocenters. The minimum Gasteiger partial charge on any atom is -0.480 e. The normalized spacial score (nSPS) is 14.3. The van der Waals surface area contributed by atoms with Crippen LogP contribution in [0.2, 0.25) is 0 Å². The number of carbonyl (C=O) groups is 3. The van der Waals surface area contributed by atoms with Crippen molar-refractivity contribution in [2.75, 3.05) is 19.8 Å². The Bertz CT molecular complexity index is 1290. The fourth-order valence-electron chi connectivity index (χ4n) is 5.85. The first-order chi connectivity index (χ1) is 29.1. The molecule has 0 bridgehead atoms.